The van der Waals surface area contributed by atoms with Crippen LogP contribution in [0.1, 0.15) is 25.3 Å². The third-order valence-electron chi connectivity index (χ3n) is 3.18. The van der Waals surface area contributed by atoms with Crippen LogP contribution < -0.4 is 5.32 Å². The van der Waals surface area contributed by atoms with Gasteiger partial charge in [0.05, 0.1) is 12.5 Å². The van der Waals surface area contributed by atoms with Gasteiger partial charge in [0.15, 0.2) is 0 Å². The molecule has 1 aromatic rings. The fraction of sp³-hybridized carbons (Fsp3) is 0.467. The molecule has 21 heavy (non-hydrogen) atoms. The third kappa shape index (κ3) is 5.07. The number of nitrogens with one attached hydrogen (secondary N) is 1. The van der Waals surface area contributed by atoms with Crippen LogP contribution in [-0.2, 0) is 4.79 Å². The minimum absolute atomic E-state index is 0.00677. The number of nitrogens with zero attached hydrogens (tertiary/aromatic N) is 1. The van der Waals surface area contributed by atoms with Crippen LogP contribution >= 0.6 is 0 Å². The number of carboxylic acid groups (broad SMARTS) is 1. The SMILES string of the molecule is CC(C)N(CCO)C(=O)NCC(C(=O)O)c1ccccc1. The molecule has 6 heteroatoms. The van der Waals surface area contributed by atoms with Gasteiger partial charge in [-0.25, -0.2) is 4.79 Å². The molecule has 116 valence electrons. The molecule has 1 aromatic carbocycles. The summed E-state index contributed by atoms with van der Waals surface area (Å²) in [6.07, 6.45) is 0. The minimum Gasteiger partial charge on any atom is -0.481 e. The zero-order valence-corrected chi connectivity index (χ0v) is 12.3. The first-order chi connectivity index (χ1) is 9.97. The maximum atomic E-state index is 12.0. The van der Waals surface area contributed by atoms with Crippen molar-refractivity contribution in [3.05, 3.63) is 35.9 Å². The summed E-state index contributed by atoms with van der Waals surface area (Å²) < 4.78 is 0. The maximum absolute atomic E-state index is 12.0. The van der Waals surface area contributed by atoms with Crippen molar-refractivity contribution in [3.8, 4) is 0 Å². The van der Waals surface area contributed by atoms with Gasteiger partial charge in [0.25, 0.3) is 0 Å². The smallest absolute Gasteiger partial charge is 0.317 e. The molecule has 1 atom stereocenters. The molecule has 3 N–H and O–H groups in total. The Morgan fingerprint density at radius 2 is 1.86 bits per heavy atom. The van der Waals surface area contributed by atoms with Gasteiger partial charge in [-0.05, 0) is 19.4 Å². The Balaban J connectivity index is 2.69. The number of aliphatic hydroxyl groups is 1. The van der Waals surface area contributed by atoms with Crippen LogP contribution in [0.2, 0.25) is 0 Å². The van der Waals surface area contributed by atoms with Crippen molar-refractivity contribution >= 4 is 12.0 Å². The summed E-state index contributed by atoms with van der Waals surface area (Å²) in [4.78, 5) is 24.8. The second-order valence-electron chi connectivity index (χ2n) is 5.00. The molecule has 0 bridgehead atoms. The molecular weight excluding hydrogens is 272 g/mol. The molecule has 0 spiro atoms. The summed E-state index contributed by atoms with van der Waals surface area (Å²) in [6, 6.07) is 8.33. The number of hydrogen-bond acceptors (Lipinski definition) is 3. The highest BCUT2D eigenvalue weighted by Crippen LogP contribution is 2.15. The van der Waals surface area contributed by atoms with Crippen LogP contribution in [-0.4, -0.2) is 52.9 Å². The van der Waals surface area contributed by atoms with Crippen molar-refractivity contribution < 1.29 is 19.8 Å². The molecule has 2 amide bonds. The van der Waals surface area contributed by atoms with Gasteiger partial charge in [-0.1, -0.05) is 30.3 Å². The minimum atomic E-state index is -0.986. The Kier molecular flexibility index (Phi) is 6.68. The zero-order chi connectivity index (χ0) is 15.8. The van der Waals surface area contributed by atoms with E-state index in [4.69, 9.17) is 5.11 Å². The second kappa shape index (κ2) is 8.26. The summed E-state index contributed by atoms with van der Waals surface area (Å²) in [5.41, 5.74) is 0.642. The molecule has 0 heterocycles. The molecule has 1 rings (SSSR count). The normalized spacial score (nSPS) is 12.0. The average Bonchev–Trinajstić information content (AvgIpc) is 2.45. The number of rotatable bonds is 7. The molecule has 6 nitrogen and oxygen atoms in total. The number of aliphatic hydroxyl groups excluding tert-OH is 1. The number of amides is 2. The predicted molar refractivity (Wildman–Crippen MR) is 79.1 cm³/mol. The number of carbonyl (C=O) groups excluding carboxylic acids is 1. The summed E-state index contributed by atoms with van der Waals surface area (Å²) in [5.74, 6) is -1.78. The molecule has 0 saturated carbocycles. The summed E-state index contributed by atoms with van der Waals surface area (Å²) in [7, 11) is 0. The fourth-order valence-corrected chi connectivity index (χ4v) is 2.03. The van der Waals surface area contributed by atoms with E-state index in [9.17, 15) is 14.7 Å². The number of benzene rings is 1. The Morgan fingerprint density at radius 3 is 2.33 bits per heavy atom. The maximum Gasteiger partial charge on any atom is 0.317 e. The van der Waals surface area contributed by atoms with E-state index in [2.05, 4.69) is 5.32 Å². The molecule has 0 aliphatic carbocycles. The number of urea groups is 1. The number of carboxylic acids is 1. The van der Waals surface area contributed by atoms with Gasteiger partial charge >= 0.3 is 12.0 Å². The summed E-state index contributed by atoms with van der Waals surface area (Å²) in [6.45, 7) is 3.76. The van der Waals surface area contributed by atoms with Crippen LogP contribution in [0, 0.1) is 0 Å². The van der Waals surface area contributed by atoms with Crippen LogP contribution in [0.15, 0.2) is 30.3 Å². The van der Waals surface area contributed by atoms with E-state index in [1.165, 1.54) is 4.90 Å². The molecule has 0 saturated heterocycles. The predicted octanol–water partition coefficient (Wildman–Crippen LogP) is 1.27. The molecule has 1 unspecified atom stereocenters. The van der Waals surface area contributed by atoms with Gasteiger partial charge in [0.2, 0.25) is 0 Å². The molecule has 0 fully saturated rings. The topological polar surface area (TPSA) is 89.9 Å². The first-order valence-corrected chi connectivity index (χ1v) is 6.90. The van der Waals surface area contributed by atoms with Crippen molar-refractivity contribution in [2.45, 2.75) is 25.8 Å². The van der Waals surface area contributed by atoms with Crippen molar-refractivity contribution in [1.82, 2.24) is 10.2 Å². The van der Waals surface area contributed by atoms with Crippen LogP contribution in [0.3, 0.4) is 0 Å². The standard InChI is InChI=1S/C15H22N2O4/c1-11(2)17(8-9-18)15(21)16-10-13(14(19)20)12-6-4-3-5-7-12/h3-7,11,13,18H,8-10H2,1-2H3,(H,16,21)(H,19,20). The van der Waals surface area contributed by atoms with Crippen LogP contribution in [0.5, 0.6) is 0 Å². The van der Waals surface area contributed by atoms with Crippen LogP contribution in [0.4, 0.5) is 4.79 Å². The lowest BCUT2D eigenvalue weighted by atomic mass is 9.99. The van der Waals surface area contributed by atoms with E-state index in [-0.39, 0.29) is 31.8 Å². The third-order valence-corrected chi connectivity index (χ3v) is 3.18. The lowest BCUT2D eigenvalue weighted by Crippen LogP contribution is -2.46. The Morgan fingerprint density at radius 1 is 1.24 bits per heavy atom. The van der Waals surface area contributed by atoms with Crippen molar-refractivity contribution in [2.75, 3.05) is 19.7 Å². The molecule has 0 radical (unpaired) electrons. The average molecular weight is 294 g/mol. The van der Waals surface area contributed by atoms with Crippen LogP contribution in [0.25, 0.3) is 0 Å². The highest BCUT2D eigenvalue weighted by molar-refractivity contribution is 5.79. The fourth-order valence-electron chi connectivity index (χ4n) is 2.03. The zero-order valence-electron chi connectivity index (χ0n) is 12.3. The lowest BCUT2D eigenvalue weighted by Gasteiger charge is -2.26. The molecule has 0 aliphatic rings. The van der Waals surface area contributed by atoms with Crippen molar-refractivity contribution in [2.24, 2.45) is 0 Å². The molecular formula is C15H22N2O4. The van der Waals surface area contributed by atoms with Gasteiger partial charge < -0.3 is 20.4 Å². The number of carbonyl (C=O) groups is 2. The first-order valence-electron chi connectivity index (χ1n) is 6.90. The van der Waals surface area contributed by atoms with Crippen molar-refractivity contribution in [1.29, 1.82) is 0 Å². The molecule has 0 aromatic heterocycles. The van der Waals surface area contributed by atoms with E-state index in [0.29, 0.717) is 5.56 Å². The summed E-state index contributed by atoms with van der Waals surface area (Å²) in [5, 5.41) is 20.9. The lowest BCUT2D eigenvalue weighted by molar-refractivity contribution is -0.138. The van der Waals surface area contributed by atoms with Gasteiger partial charge in [0, 0.05) is 19.1 Å². The van der Waals surface area contributed by atoms with Gasteiger partial charge in [-0.15, -0.1) is 0 Å². The monoisotopic (exact) mass is 294 g/mol. The van der Waals surface area contributed by atoms with Gasteiger partial charge in [-0.3, -0.25) is 4.79 Å². The second-order valence-corrected chi connectivity index (χ2v) is 5.00. The Bertz CT molecular complexity index is 462. The quantitative estimate of drug-likeness (QED) is 0.706. The number of hydrogen-bond donors (Lipinski definition) is 3. The van der Waals surface area contributed by atoms with E-state index < -0.39 is 11.9 Å². The van der Waals surface area contributed by atoms with E-state index in [0.717, 1.165) is 0 Å². The molecule has 0 aliphatic heterocycles. The Labute approximate surface area is 124 Å². The van der Waals surface area contributed by atoms with Crippen molar-refractivity contribution in [3.63, 3.8) is 0 Å². The highest BCUT2D eigenvalue weighted by Gasteiger charge is 2.22. The van der Waals surface area contributed by atoms with E-state index >= 15 is 0 Å². The van der Waals surface area contributed by atoms with Gasteiger partial charge in [0.1, 0.15) is 0 Å². The number of aliphatic carboxylic acids is 1. The van der Waals surface area contributed by atoms with Gasteiger partial charge in [-0.2, -0.15) is 0 Å². The largest absolute Gasteiger partial charge is 0.481 e. The summed E-state index contributed by atoms with van der Waals surface area (Å²) >= 11 is 0. The Hall–Kier alpha value is -2.08. The highest BCUT2D eigenvalue weighted by atomic mass is 16.4. The van der Waals surface area contributed by atoms with E-state index in [1.54, 1.807) is 24.3 Å². The first kappa shape index (κ1) is 17.0. The van der Waals surface area contributed by atoms with E-state index in [1.807, 2.05) is 19.9 Å².